The molecule has 0 radical (unpaired) electrons. The van der Waals surface area contributed by atoms with Gasteiger partial charge in [0.15, 0.2) is 11.5 Å². The molecule has 1 aliphatic rings. The van der Waals surface area contributed by atoms with Gasteiger partial charge in [-0.15, -0.1) is 11.3 Å². The molecule has 164 valence electrons. The molecule has 1 atom stereocenters. The molecule has 0 bridgehead atoms. The van der Waals surface area contributed by atoms with Crippen molar-refractivity contribution in [3.05, 3.63) is 76.3 Å². The zero-order valence-corrected chi connectivity index (χ0v) is 18.0. The van der Waals surface area contributed by atoms with E-state index < -0.39 is 11.8 Å². The minimum atomic E-state index is -1.11. The van der Waals surface area contributed by atoms with Crippen LogP contribution in [0.5, 0.6) is 11.5 Å². The SMILES string of the molecule is C=CCOc1cc([C@@H]2CC(=O)Nc3c2sc(C(=O)O)c3-c2ccc(F)cc2)ccc1OC. The molecule has 8 heteroatoms. The van der Waals surface area contributed by atoms with Gasteiger partial charge in [-0.1, -0.05) is 30.9 Å². The molecular weight excluding hydrogens is 433 g/mol. The van der Waals surface area contributed by atoms with E-state index in [2.05, 4.69) is 11.9 Å². The Bertz CT molecular complexity index is 1200. The van der Waals surface area contributed by atoms with Crippen molar-refractivity contribution in [3.8, 4) is 22.6 Å². The van der Waals surface area contributed by atoms with Crippen LogP contribution in [-0.4, -0.2) is 30.7 Å². The van der Waals surface area contributed by atoms with Crippen LogP contribution in [0.15, 0.2) is 55.1 Å². The molecule has 2 heterocycles. The van der Waals surface area contributed by atoms with Crippen LogP contribution in [0.3, 0.4) is 0 Å². The maximum Gasteiger partial charge on any atom is 0.346 e. The topological polar surface area (TPSA) is 84.9 Å². The molecule has 0 saturated carbocycles. The molecule has 0 spiro atoms. The highest BCUT2D eigenvalue weighted by Crippen LogP contribution is 2.50. The summed E-state index contributed by atoms with van der Waals surface area (Å²) < 4.78 is 24.5. The predicted molar refractivity (Wildman–Crippen MR) is 120 cm³/mol. The number of anilines is 1. The van der Waals surface area contributed by atoms with Crippen molar-refractivity contribution in [3.63, 3.8) is 0 Å². The Morgan fingerprint density at radius 3 is 2.69 bits per heavy atom. The van der Waals surface area contributed by atoms with E-state index in [0.717, 1.165) is 21.8 Å². The third-order valence-corrected chi connectivity index (χ3v) is 6.47. The van der Waals surface area contributed by atoms with Crippen LogP contribution in [0.4, 0.5) is 10.1 Å². The quantitative estimate of drug-likeness (QED) is 0.474. The van der Waals surface area contributed by atoms with Gasteiger partial charge in [0, 0.05) is 22.8 Å². The zero-order chi connectivity index (χ0) is 22.8. The number of thiophene rings is 1. The molecule has 1 aliphatic heterocycles. The third-order valence-electron chi connectivity index (χ3n) is 5.18. The van der Waals surface area contributed by atoms with E-state index in [9.17, 15) is 19.1 Å². The summed E-state index contributed by atoms with van der Waals surface area (Å²) >= 11 is 1.11. The lowest BCUT2D eigenvalue weighted by Gasteiger charge is -2.24. The predicted octanol–water partition coefficient (Wildman–Crippen LogP) is 5.30. The van der Waals surface area contributed by atoms with E-state index in [4.69, 9.17) is 9.47 Å². The fourth-order valence-electron chi connectivity index (χ4n) is 3.77. The fourth-order valence-corrected chi connectivity index (χ4v) is 5.02. The average molecular weight is 453 g/mol. The molecule has 4 rings (SSSR count). The highest BCUT2D eigenvalue weighted by molar-refractivity contribution is 7.15. The van der Waals surface area contributed by atoms with Crippen LogP contribution in [-0.2, 0) is 4.79 Å². The largest absolute Gasteiger partial charge is 0.493 e. The Hall–Kier alpha value is -3.65. The molecule has 0 aliphatic carbocycles. The first-order valence-electron chi connectivity index (χ1n) is 9.80. The first-order chi connectivity index (χ1) is 15.4. The van der Waals surface area contributed by atoms with Crippen LogP contribution in [0.1, 0.15) is 32.5 Å². The molecule has 0 unspecified atom stereocenters. The van der Waals surface area contributed by atoms with Gasteiger partial charge in [-0.25, -0.2) is 9.18 Å². The van der Waals surface area contributed by atoms with Crippen molar-refractivity contribution in [2.45, 2.75) is 12.3 Å². The molecular formula is C24H20FNO5S. The zero-order valence-electron chi connectivity index (χ0n) is 17.2. The standard InChI is InChI=1S/C24H20FNO5S/c1-3-10-31-18-11-14(6-9-17(18)30-2)16-12-19(27)26-21-20(13-4-7-15(25)8-5-13)23(24(28)29)32-22(16)21/h3-9,11,16H,1,10,12H2,2H3,(H,26,27)(H,28,29)/t16-/m0/s1. The van der Waals surface area contributed by atoms with Gasteiger partial charge in [0.05, 0.1) is 12.8 Å². The van der Waals surface area contributed by atoms with Crippen molar-refractivity contribution >= 4 is 28.9 Å². The maximum atomic E-state index is 13.4. The van der Waals surface area contributed by atoms with Crippen molar-refractivity contribution in [2.24, 2.45) is 0 Å². The Balaban J connectivity index is 1.86. The maximum absolute atomic E-state index is 13.4. The first-order valence-corrected chi connectivity index (χ1v) is 10.6. The van der Waals surface area contributed by atoms with E-state index in [-0.39, 0.29) is 29.7 Å². The number of hydrogen-bond acceptors (Lipinski definition) is 5. The number of hydrogen-bond donors (Lipinski definition) is 2. The molecule has 1 aromatic heterocycles. The van der Waals surface area contributed by atoms with Crippen molar-refractivity contribution in [2.75, 3.05) is 19.0 Å². The van der Waals surface area contributed by atoms with Crippen LogP contribution in [0.25, 0.3) is 11.1 Å². The summed E-state index contributed by atoms with van der Waals surface area (Å²) in [7, 11) is 1.54. The first kappa shape index (κ1) is 21.6. The van der Waals surface area contributed by atoms with Gasteiger partial charge in [-0.05, 0) is 35.4 Å². The van der Waals surface area contributed by atoms with Gasteiger partial charge in [-0.2, -0.15) is 0 Å². The second-order valence-electron chi connectivity index (χ2n) is 7.17. The number of benzene rings is 2. The summed E-state index contributed by atoms with van der Waals surface area (Å²) in [5.74, 6) is -1.09. The molecule has 32 heavy (non-hydrogen) atoms. The Kier molecular flexibility index (Phi) is 5.96. The van der Waals surface area contributed by atoms with Gasteiger partial charge < -0.3 is 19.9 Å². The average Bonchev–Trinajstić information content (AvgIpc) is 3.17. The Labute approximate surface area is 187 Å². The van der Waals surface area contributed by atoms with Gasteiger partial charge in [0.2, 0.25) is 5.91 Å². The summed E-state index contributed by atoms with van der Waals surface area (Å²) in [5, 5.41) is 12.7. The number of methoxy groups -OCH3 is 1. The molecule has 2 N–H and O–H groups in total. The number of rotatable bonds is 7. The monoisotopic (exact) mass is 453 g/mol. The second kappa shape index (κ2) is 8.84. The number of nitrogens with one attached hydrogen (secondary N) is 1. The molecule has 0 fully saturated rings. The molecule has 1 amide bonds. The van der Waals surface area contributed by atoms with Crippen LogP contribution in [0, 0.1) is 5.82 Å². The summed E-state index contributed by atoms with van der Waals surface area (Å²) in [6, 6.07) is 10.9. The molecule has 6 nitrogen and oxygen atoms in total. The number of halogens is 1. The van der Waals surface area contributed by atoms with Crippen molar-refractivity contribution in [1.82, 2.24) is 0 Å². The van der Waals surface area contributed by atoms with Crippen molar-refractivity contribution < 1.29 is 28.6 Å². The van der Waals surface area contributed by atoms with Crippen LogP contribution in [0.2, 0.25) is 0 Å². The number of carbonyl (C=O) groups is 2. The van der Waals surface area contributed by atoms with Gasteiger partial charge in [0.1, 0.15) is 17.3 Å². The lowest BCUT2D eigenvalue weighted by atomic mass is 9.88. The number of ether oxygens (including phenoxy) is 2. The third kappa shape index (κ3) is 3.97. The number of amides is 1. The number of carboxylic acids is 1. The Morgan fingerprint density at radius 2 is 2.03 bits per heavy atom. The van der Waals surface area contributed by atoms with Crippen molar-refractivity contribution in [1.29, 1.82) is 0 Å². The minimum Gasteiger partial charge on any atom is -0.493 e. The summed E-state index contributed by atoms with van der Waals surface area (Å²) in [6.45, 7) is 3.94. The summed E-state index contributed by atoms with van der Waals surface area (Å²) in [6.07, 6.45) is 1.77. The van der Waals surface area contributed by atoms with E-state index in [1.54, 1.807) is 18.2 Å². The van der Waals surface area contributed by atoms with Gasteiger partial charge in [0.25, 0.3) is 0 Å². The van der Waals surface area contributed by atoms with Gasteiger partial charge >= 0.3 is 5.97 Å². The number of fused-ring (bicyclic) bond motifs is 1. The van der Waals surface area contributed by atoms with E-state index in [1.165, 1.54) is 31.4 Å². The molecule has 2 aromatic carbocycles. The van der Waals surface area contributed by atoms with E-state index in [1.807, 2.05) is 6.07 Å². The van der Waals surface area contributed by atoms with Crippen LogP contribution >= 0.6 is 11.3 Å². The van der Waals surface area contributed by atoms with E-state index >= 15 is 0 Å². The highest BCUT2D eigenvalue weighted by Gasteiger charge is 2.34. The normalized spacial score (nSPS) is 14.9. The molecule has 3 aromatic rings. The Morgan fingerprint density at radius 1 is 1.28 bits per heavy atom. The number of carbonyl (C=O) groups excluding carboxylic acids is 1. The van der Waals surface area contributed by atoms with Crippen LogP contribution < -0.4 is 14.8 Å². The summed E-state index contributed by atoms with van der Waals surface area (Å²) in [4.78, 5) is 25.5. The highest BCUT2D eigenvalue weighted by atomic mass is 32.1. The number of carboxylic acid groups (broad SMARTS) is 1. The lowest BCUT2D eigenvalue weighted by Crippen LogP contribution is -2.22. The second-order valence-corrected chi connectivity index (χ2v) is 8.22. The smallest absolute Gasteiger partial charge is 0.346 e. The molecule has 0 saturated heterocycles. The number of aromatic carboxylic acids is 1. The lowest BCUT2D eigenvalue weighted by molar-refractivity contribution is -0.116. The summed E-state index contributed by atoms with van der Waals surface area (Å²) in [5.41, 5.74) is 2.15. The van der Waals surface area contributed by atoms with E-state index in [0.29, 0.717) is 28.3 Å². The fraction of sp³-hybridized carbons (Fsp3) is 0.167. The van der Waals surface area contributed by atoms with Gasteiger partial charge in [-0.3, -0.25) is 4.79 Å². The minimum absolute atomic E-state index is 0.0884.